The number of nitrogens with zero attached hydrogens (tertiary/aromatic N) is 1. The molecule has 2 rings (SSSR count). The first-order valence-corrected chi connectivity index (χ1v) is 6.42. The van der Waals surface area contributed by atoms with E-state index in [0.717, 1.165) is 30.9 Å². The molecule has 4 heteroatoms. The maximum absolute atomic E-state index is 9.90. The van der Waals surface area contributed by atoms with Crippen molar-refractivity contribution >= 4 is 0 Å². The zero-order valence-corrected chi connectivity index (χ0v) is 11.3. The smallest absolute Gasteiger partial charge is 0.120 e. The molecule has 1 aromatic carbocycles. The van der Waals surface area contributed by atoms with Crippen molar-refractivity contribution in [2.24, 2.45) is 0 Å². The average molecular weight is 250 g/mol. The molecular formula is C14H22N2O2. The average Bonchev–Trinajstić information content (AvgIpc) is 2.30. The molecule has 1 heterocycles. The van der Waals surface area contributed by atoms with E-state index in [1.165, 1.54) is 0 Å². The third-order valence-corrected chi connectivity index (χ3v) is 3.31. The van der Waals surface area contributed by atoms with Gasteiger partial charge in [0.2, 0.25) is 0 Å². The Hall–Kier alpha value is -1.26. The minimum atomic E-state index is 0.342. The van der Waals surface area contributed by atoms with Gasteiger partial charge >= 0.3 is 0 Å². The van der Waals surface area contributed by atoms with E-state index in [1.54, 1.807) is 19.2 Å². The second-order valence-corrected chi connectivity index (χ2v) is 5.16. The van der Waals surface area contributed by atoms with Crippen molar-refractivity contribution in [2.45, 2.75) is 32.5 Å². The van der Waals surface area contributed by atoms with Gasteiger partial charge in [-0.2, -0.15) is 0 Å². The maximum Gasteiger partial charge on any atom is 0.120 e. The first-order valence-electron chi connectivity index (χ1n) is 6.42. The van der Waals surface area contributed by atoms with Crippen molar-refractivity contribution < 1.29 is 9.84 Å². The number of hydrogen-bond donors (Lipinski definition) is 2. The molecule has 0 aromatic heterocycles. The Morgan fingerprint density at radius 1 is 1.33 bits per heavy atom. The van der Waals surface area contributed by atoms with E-state index >= 15 is 0 Å². The molecule has 1 aromatic rings. The van der Waals surface area contributed by atoms with Crippen LogP contribution in [0.3, 0.4) is 0 Å². The number of piperazine rings is 1. The van der Waals surface area contributed by atoms with Gasteiger partial charge in [0.05, 0.1) is 7.11 Å². The molecule has 2 N–H and O–H groups in total. The second kappa shape index (κ2) is 5.59. The van der Waals surface area contributed by atoms with Gasteiger partial charge in [-0.3, -0.25) is 4.90 Å². The van der Waals surface area contributed by atoms with Gasteiger partial charge in [-0.1, -0.05) is 0 Å². The van der Waals surface area contributed by atoms with Crippen LogP contribution in [0.1, 0.15) is 19.4 Å². The van der Waals surface area contributed by atoms with Gasteiger partial charge in [0.15, 0.2) is 0 Å². The molecule has 2 unspecified atom stereocenters. The van der Waals surface area contributed by atoms with Crippen LogP contribution in [0.5, 0.6) is 11.5 Å². The normalized spacial score (nSPS) is 25.1. The van der Waals surface area contributed by atoms with Crippen molar-refractivity contribution in [3.05, 3.63) is 23.8 Å². The molecule has 4 nitrogen and oxygen atoms in total. The first-order chi connectivity index (χ1) is 8.58. The van der Waals surface area contributed by atoms with Gasteiger partial charge < -0.3 is 15.2 Å². The molecule has 0 amide bonds. The van der Waals surface area contributed by atoms with Crippen LogP contribution in [0.2, 0.25) is 0 Å². The molecule has 1 saturated heterocycles. The molecule has 2 atom stereocenters. The Morgan fingerprint density at radius 2 is 2.00 bits per heavy atom. The summed E-state index contributed by atoms with van der Waals surface area (Å²) in [4.78, 5) is 2.36. The first kappa shape index (κ1) is 13.2. The van der Waals surface area contributed by atoms with Crippen LogP contribution in [0.4, 0.5) is 0 Å². The summed E-state index contributed by atoms with van der Waals surface area (Å²) in [6.07, 6.45) is 0. The summed E-state index contributed by atoms with van der Waals surface area (Å²) in [6.45, 7) is 7.14. The van der Waals surface area contributed by atoms with Gasteiger partial charge in [-0.05, 0) is 32.0 Å². The number of rotatable bonds is 3. The van der Waals surface area contributed by atoms with Crippen molar-refractivity contribution in [1.29, 1.82) is 0 Å². The standard InChI is InChI=1S/C14H22N2O2/c1-10-7-16(8-11(2)15-10)9-12-6-13(18-3)4-5-14(12)17/h4-6,10-11,15,17H,7-9H2,1-3H3. The number of benzene rings is 1. The summed E-state index contributed by atoms with van der Waals surface area (Å²) < 4.78 is 5.20. The highest BCUT2D eigenvalue weighted by atomic mass is 16.5. The lowest BCUT2D eigenvalue weighted by molar-refractivity contribution is 0.165. The minimum absolute atomic E-state index is 0.342. The molecule has 18 heavy (non-hydrogen) atoms. The maximum atomic E-state index is 9.90. The molecule has 0 radical (unpaired) electrons. The van der Waals surface area contributed by atoms with Gasteiger partial charge in [-0.25, -0.2) is 0 Å². The van der Waals surface area contributed by atoms with E-state index in [0.29, 0.717) is 17.8 Å². The quantitative estimate of drug-likeness (QED) is 0.855. The minimum Gasteiger partial charge on any atom is -0.508 e. The molecule has 1 aliphatic rings. The van der Waals surface area contributed by atoms with Gasteiger partial charge in [0.1, 0.15) is 11.5 Å². The van der Waals surface area contributed by atoms with Crippen molar-refractivity contribution in [3.8, 4) is 11.5 Å². The van der Waals surface area contributed by atoms with Gasteiger partial charge in [-0.15, -0.1) is 0 Å². The number of phenols is 1. The highest BCUT2D eigenvalue weighted by Crippen LogP contribution is 2.24. The molecule has 0 spiro atoms. The van der Waals surface area contributed by atoms with Crippen molar-refractivity contribution in [3.63, 3.8) is 0 Å². The van der Waals surface area contributed by atoms with Crippen LogP contribution in [0.25, 0.3) is 0 Å². The molecule has 1 fully saturated rings. The summed E-state index contributed by atoms with van der Waals surface area (Å²) in [5.74, 6) is 1.13. The number of ether oxygens (including phenoxy) is 1. The molecular weight excluding hydrogens is 228 g/mol. The largest absolute Gasteiger partial charge is 0.508 e. The van der Waals surface area contributed by atoms with Crippen LogP contribution in [0.15, 0.2) is 18.2 Å². The van der Waals surface area contributed by atoms with E-state index in [4.69, 9.17) is 4.74 Å². The molecule has 0 bridgehead atoms. The highest BCUT2D eigenvalue weighted by molar-refractivity contribution is 5.39. The van der Waals surface area contributed by atoms with E-state index in [1.807, 2.05) is 6.07 Å². The third-order valence-electron chi connectivity index (χ3n) is 3.31. The van der Waals surface area contributed by atoms with E-state index < -0.39 is 0 Å². The SMILES string of the molecule is COc1ccc(O)c(CN2CC(C)NC(C)C2)c1. The van der Waals surface area contributed by atoms with Gasteiger partial charge in [0.25, 0.3) is 0 Å². The third kappa shape index (κ3) is 3.15. The van der Waals surface area contributed by atoms with Crippen LogP contribution in [-0.2, 0) is 6.54 Å². The summed E-state index contributed by atoms with van der Waals surface area (Å²) >= 11 is 0. The predicted octanol–water partition coefficient (Wildman–Crippen LogP) is 1.58. The molecule has 0 saturated carbocycles. The lowest BCUT2D eigenvalue weighted by Crippen LogP contribution is -2.53. The zero-order valence-electron chi connectivity index (χ0n) is 11.3. The predicted molar refractivity (Wildman–Crippen MR) is 72.0 cm³/mol. The van der Waals surface area contributed by atoms with E-state index in [-0.39, 0.29) is 0 Å². The zero-order chi connectivity index (χ0) is 13.1. The monoisotopic (exact) mass is 250 g/mol. The molecule has 100 valence electrons. The lowest BCUT2D eigenvalue weighted by Gasteiger charge is -2.36. The van der Waals surface area contributed by atoms with Crippen LogP contribution < -0.4 is 10.1 Å². The number of hydrogen-bond acceptors (Lipinski definition) is 4. The topological polar surface area (TPSA) is 44.7 Å². The number of nitrogens with one attached hydrogen (secondary N) is 1. The summed E-state index contributed by atoms with van der Waals surface area (Å²) in [5, 5.41) is 13.4. The number of methoxy groups -OCH3 is 1. The van der Waals surface area contributed by atoms with Crippen LogP contribution >= 0.6 is 0 Å². The van der Waals surface area contributed by atoms with Crippen LogP contribution in [0, 0.1) is 0 Å². The second-order valence-electron chi connectivity index (χ2n) is 5.16. The van der Waals surface area contributed by atoms with E-state index in [2.05, 4.69) is 24.1 Å². The Morgan fingerprint density at radius 3 is 2.61 bits per heavy atom. The Balaban J connectivity index is 2.08. The fraction of sp³-hybridized carbons (Fsp3) is 0.571. The highest BCUT2D eigenvalue weighted by Gasteiger charge is 2.21. The van der Waals surface area contributed by atoms with E-state index in [9.17, 15) is 5.11 Å². The lowest BCUT2D eigenvalue weighted by atomic mass is 10.1. The molecule has 0 aliphatic carbocycles. The fourth-order valence-electron chi connectivity index (χ4n) is 2.63. The van der Waals surface area contributed by atoms with Crippen molar-refractivity contribution in [1.82, 2.24) is 10.2 Å². The number of aromatic hydroxyl groups is 1. The Kier molecular flexibility index (Phi) is 4.09. The van der Waals surface area contributed by atoms with Crippen LogP contribution in [-0.4, -0.2) is 42.3 Å². The summed E-state index contributed by atoms with van der Waals surface area (Å²) in [5.41, 5.74) is 0.927. The molecule has 1 aliphatic heterocycles. The summed E-state index contributed by atoms with van der Waals surface area (Å²) in [6, 6.07) is 6.36. The Labute approximate surface area is 109 Å². The van der Waals surface area contributed by atoms with Gasteiger partial charge in [0, 0.05) is 37.3 Å². The summed E-state index contributed by atoms with van der Waals surface area (Å²) in [7, 11) is 1.64. The fourth-order valence-corrected chi connectivity index (χ4v) is 2.63. The Bertz CT molecular complexity index is 399. The number of phenolic OH excluding ortho intramolecular Hbond substituents is 1. The van der Waals surface area contributed by atoms with Crippen molar-refractivity contribution in [2.75, 3.05) is 20.2 Å².